The average Bonchev–Trinajstić information content (AvgIpc) is 2.83. The fraction of sp³-hybridized carbons (Fsp3) is 0.400. The van der Waals surface area contributed by atoms with Gasteiger partial charge in [-0.2, -0.15) is 18.2 Å². The van der Waals surface area contributed by atoms with Gasteiger partial charge < -0.3 is 15.0 Å². The molecule has 7 nitrogen and oxygen atoms in total. The highest BCUT2D eigenvalue weighted by Crippen LogP contribution is 2.19. The second-order valence-electron chi connectivity index (χ2n) is 3.72. The monoisotopic (exact) mass is 289 g/mol. The number of ether oxygens (including phenoxy) is 1. The maximum absolute atomic E-state index is 11.8. The first kappa shape index (κ1) is 14.2. The maximum Gasteiger partial charge on any atom is 0.411 e. The van der Waals surface area contributed by atoms with Gasteiger partial charge in [0.1, 0.15) is 6.61 Å². The average molecular weight is 289 g/mol. The van der Waals surface area contributed by atoms with Gasteiger partial charge in [-0.25, -0.2) is 9.97 Å². The molecule has 0 radical (unpaired) electrons. The van der Waals surface area contributed by atoms with Crippen molar-refractivity contribution in [3.8, 4) is 11.6 Å². The molecule has 20 heavy (non-hydrogen) atoms. The molecule has 0 aliphatic heterocycles. The lowest BCUT2D eigenvalue weighted by molar-refractivity contribution is -0.173. The van der Waals surface area contributed by atoms with E-state index in [9.17, 15) is 13.2 Å². The Labute approximate surface area is 111 Å². The van der Waals surface area contributed by atoms with E-state index in [1.165, 1.54) is 12.4 Å². The third-order valence-electron chi connectivity index (χ3n) is 2.13. The van der Waals surface area contributed by atoms with Crippen molar-refractivity contribution in [2.75, 3.05) is 18.9 Å². The minimum atomic E-state index is -4.35. The molecule has 0 atom stereocenters. The minimum Gasteiger partial charge on any atom is -0.382 e. The number of rotatable bonds is 5. The summed E-state index contributed by atoms with van der Waals surface area (Å²) in [5, 5.41) is 3.60. The molecule has 0 unspecified atom stereocenters. The molecule has 2 rings (SSSR count). The summed E-state index contributed by atoms with van der Waals surface area (Å²) < 4.78 is 44.9. The van der Waals surface area contributed by atoms with Gasteiger partial charge in [-0.1, -0.05) is 5.16 Å². The highest BCUT2D eigenvalue weighted by Gasteiger charge is 2.27. The standard InChI is InChI=1S/C10H10F3N5O2/c11-10(12,13)5-19-4-1-6-17-9(20-18-6)7-8(14)16-3-2-15-7/h2-3H,1,4-5H2,(H2,14,16). The van der Waals surface area contributed by atoms with Crippen LogP contribution in [0, 0.1) is 0 Å². The highest BCUT2D eigenvalue weighted by molar-refractivity contribution is 5.61. The van der Waals surface area contributed by atoms with E-state index in [1.807, 2.05) is 0 Å². The molecule has 0 bridgehead atoms. The predicted octanol–water partition coefficient (Wildman–Crippen LogP) is 1.23. The van der Waals surface area contributed by atoms with Gasteiger partial charge in [0.05, 0.1) is 6.61 Å². The number of nitrogens with two attached hydrogens (primary N) is 1. The summed E-state index contributed by atoms with van der Waals surface area (Å²) in [6, 6.07) is 0. The Morgan fingerprint density at radius 1 is 1.25 bits per heavy atom. The van der Waals surface area contributed by atoms with Crippen molar-refractivity contribution in [2.24, 2.45) is 0 Å². The van der Waals surface area contributed by atoms with Crippen LogP contribution in [0.3, 0.4) is 0 Å². The second-order valence-corrected chi connectivity index (χ2v) is 3.72. The summed E-state index contributed by atoms with van der Waals surface area (Å²) >= 11 is 0. The van der Waals surface area contributed by atoms with Crippen LogP contribution >= 0.6 is 0 Å². The summed E-state index contributed by atoms with van der Waals surface area (Å²) in [4.78, 5) is 11.7. The first-order valence-corrected chi connectivity index (χ1v) is 5.49. The van der Waals surface area contributed by atoms with Gasteiger partial charge in [0.2, 0.25) is 0 Å². The van der Waals surface area contributed by atoms with Crippen molar-refractivity contribution in [2.45, 2.75) is 12.6 Å². The lowest BCUT2D eigenvalue weighted by Crippen LogP contribution is -2.18. The van der Waals surface area contributed by atoms with Crippen LogP contribution in [0.15, 0.2) is 16.9 Å². The van der Waals surface area contributed by atoms with Gasteiger partial charge in [-0.3, -0.25) is 0 Å². The summed E-state index contributed by atoms with van der Waals surface area (Å²) in [6.07, 6.45) is -1.46. The zero-order valence-corrected chi connectivity index (χ0v) is 10.1. The Hall–Kier alpha value is -2.23. The van der Waals surface area contributed by atoms with Crippen LogP contribution in [0.4, 0.5) is 19.0 Å². The van der Waals surface area contributed by atoms with Crippen LogP contribution in [-0.4, -0.2) is 39.5 Å². The molecular weight excluding hydrogens is 279 g/mol. The fourth-order valence-electron chi connectivity index (χ4n) is 1.32. The van der Waals surface area contributed by atoms with E-state index in [0.29, 0.717) is 0 Å². The van der Waals surface area contributed by atoms with E-state index in [0.717, 1.165) is 0 Å². The molecule has 0 aliphatic carbocycles. The van der Waals surface area contributed by atoms with Gasteiger partial charge in [0.25, 0.3) is 5.89 Å². The number of alkyl halides is 3. The van der Waals surface area contributed by atoms with Crippen molar-refractivity contribution in [3.05, 3.63) is 18.2 Å². The first-order chi connectivity index (χ1) is 9.46. The van der Waals surface area contributed by atoms with Crippen LogP contribution in [0.25, 0.3) is 11.6 Å². The predicted molar refractivity (Wildman–Crippen MR) is 60.3 cm³/mol. The van der Waals surface area contributed by atoms with Crippen LogP contribution in [0.5, 0.6) is 0 Å². The van der Waals surface area contributed by atoms with Crippen LogP contribution in [0.1, 0.15) is 5.82 Å². The Kier molecular flexibility index (Phi) is 4.13. The van der Waals surface area contributed by atoms with E-state index in [2.05, 4.69) is 24.8 Å². The highest BCUT2D eigenvalue weighted by atomic mass is 19.4. The number of aromatic nitrogens is 4. The zero-order chi connectivity index (χ0) is 14.6. The van der Waals surface area contributed by atoms with Crippen molar-refractivity contribution >= 4 is 5.82 Å². The van der Waals surface area contributed by atoms with Gasteiger partial charge in [0.15, 0.2) is 17.3 Å². The van der Waals surface area contributed by atoms with Crippen molar-refractivity contribution < 1.29 is 22.4 Å². The lowest BCUT2D eigenvalue weighted by Gasteiger charge is -2.05. The van der Waals surface area contributed by atoms with E-state index in [1.54, 1.807) is 0 Å². The molecule has 0 aromatic carbocycles. The molecule has 0 aliphatic rings. The van der Waals surface area contributed by atoms with E-state index >= 15 is 0 Å². The molecule has 0 amide bonds. The van der Waals surface area contributed by atoms with Crippen LogP contribution in [-0.2, 0) is 11.2 Å². The lowest BCUT2D eigenvalue weighted by atomic mass is 10.4. The van der Waals surface area contributed by atoms with E-state index in [4.69, 9.17) is 10.3 Å². The van der Waals surface area contributed by atoms with Gasteiger partial charge in [-0.15, -0.1) is 0 Å². The summed E-state index contributed by atoms with van der Waals surface area (Å²) in [5.41, 5.74) is 5.80. The summed E-state index contributed by atoms with van der Waals surface area (Å²) in [6.45, 7) is -1.48. The molecule has 2 N–H and O–H groups in total. The van der Waals surface area contributed by atoms with Crippen molar-refractivity contribution in [3.63, 3.8) is 0 Å². The smallest absolute Gasteiger partial charge is 0.382 e. The third kappa shape index (κ3) is 3.88. The third-order valence-corrected chi connectivity index (χ3v) is 2.13. The van der Waals surface area contributed by atoms with Crippen molar-refractivity contribution in [1.29, 1.82) is 0 Å². The molecule has 2 heterocycles. The molecule has 2 aromatic heterocycles. The number of halogens is 3. The number of nitrogens with zero attached hydrogens (tertiary/aromatic N) is 4. The number of anilines is 1. The van der Waals surface area contributed by atoms with Crippen LogP contribution in [0.2, 0.25) is 0 Å². The van der Waals surface area contributed by atoms with Crippen LogP contribution < -0.4 is 5.73 Å². The molecule has 0 fully saturated rings. The quantitative estimate of drug-likeness (QED) is 0.826. The van der Waals surface area contributed by atoms with Gasteiger partial charge in [0, 0.05) is 18.8 Å². The molecule has 2 aromatic rings. The van der Waals surface area contributed by atoms with E-state index in [-0.39, 0.29) is 36.3 Å². The van der Waals surface area contributed by atoms with Gasteiger partial charge in [-0.05, 0) is 0 Å². The number of hydrogen-bond donors (Lipinski definition) is 1. The zero-order valence-electron chi connectivity index (χ0n) is 10.1. The van der Waals surface area contributed by atoms with Gasteiger partial charge >= 0.3 is 6.18 Å². The first-order valence-electron chi connectivity index (χ1n) is 5.49. The number of nitrogen functional groups attached to an aromatic ring is 1. The Balaban J connectivity index is 1.92. The molecular formula is C10H10F3N5O2. The largest absolute Gasteiger partial charge is 0.411 e. The molecule has 10 heteroatoms. The Morgan fingerprint density at radius 2 is 2.00 bits per heavy atom. The normalized spacial score (nSPS) is 11.8. The SMILES string of the molecule is Nc1nccnc1-c1nc(CCOCC(F)(F)F)no1. The van der Waals surface area contributed by atoms with E-state index < -0.39 is 12.8 Å². The summed E-state index contributed by atoms with van der Waals surface area (Å²) in [7, 11) is 0. The molecule has 0 saturated heterocycles. The fourth-order valence-corrected chi connectivity index (χ4v) is 1.32. The molecule has 0 saturated carbocycles. The molecule has 108 valence electrons. The number of hydrogen-bond acceptors (Lipinski definition) is 7. The minimum absolute atomic E-state index is 0.0569. The maximum atomic E-state index is 11.8. The second kappa shape index (κ2) is 5.82. The Bertz CT molecular complexity index is 572. The summed E-state index contributed by atoms with van der Waals surface area (Å²) in [5.74, 6) is 0.379. The Morgan fingerprint density at radius 3 is 2.70 bits per heavy atom. The van der Waals surface area contributed by atoms with Crippen molar-refractivity contribution in [1.82, 2.24) is 20.1 Å². The molecule has 0 spiro atoms. The topological polar surface area (TPSA) is 100.0 Å².